The van der Waals surface area contributed by atoms with Crippen LogP contribution in [0.4, 0.5) is 10.5 Å². The van der Waals surface area contributed by atoms with Crippen molar-refractivity contribution in [3.05, 3.63) is 66.2 Å². The lowest BCUT2D eigenvalue weighted by Crippen LogP contribution is -2.42. The maximum Gasteiger partial charge on any atom is 0.321 e. The molecular weight excluding hydrogens is 388 g/mol. The lowest BCUT2D eigenvalue weighted by atomic mass is 9.93. The summed E-state index contributed by atoms with van der Waals surface area (Å²) >= 11 is 0. The highest BCUT2D eigenvalue weighted by molar-refractivity contribution is 5.89. The quantitative estimate of drug-likeness (QED) is 0.601. The third-order valence-corrected chi connectivity index (χ3v) is 5.73. The van der Waals surface area contributed by atoms with Gasteiger partial charge in [0, 0.05) is 38.3 Å². The molecule has 166 valence electrons. The number of rotatable bonds is 9. The molecule has 2 aromatic rings. The van der Waals surface area contributed by atoms with E-state index in [-0.39, 0.29) is 11.9 Å². The van der Waals surface area contributed by atoms with Gasteiger partial charge in [0.05, 0.1) is 0 Å². The van der Waals surface area contributed by atoms with Gasteiger partial charge in [-0.3, -0.25) is 4.79 Å². The molecular formula is C25H34N4O2. The zero-order chi connectivity index (χ0) is 21.9. The van der Waals surface area contributed by atoms with Crippen molar-refractivity contribution in [3.8, 4) is 0 Å². The summed E-state index contributed by atoms with van der Waals surface area (Å²) in [4.78, 5) is 28.8. The van der Waals surface area contributed by atoms with Gasteiger partial charge >= 0.3 is 6.03 Å². The average Bonchev–Trinajstić information content (AvgIpc) is 2.78. The standard InChI is InChI=1S/C25H34N4O2/c1-28(20-22-9-4-2-5-10-22)16-8-15-26-24(30)19-21-13-17-29(18-14-21)25(31)27-23-11-6-3-7-12-23/h2-7,9-12,21H,8,13-20H2,1H3,(H,26,30)(H,27,31). The molecule has 0 saturated carbocycles. The van der Waals surface area contributed by atoms with Crippen molar-refractivity contribution >= 4 is 17.6 Å². The highest BCUT2D eigenvalue weighted by Crippen LogP contribution is 2.21. The number of benzene rings is 2. The first-order chi connectivity index (χ1) is 15.1. The Morgan fingerprint density at radius 1 is 1.00 bits per heavy atom. The number of likely N-dealkylation sites (tertiary alicyclic amines) is 1. The number of nitrogens with zero attached hydrogens (tertiary/aromatic N) is 2. The van der Waals surface area contributed by atoms with Gasteiger partial charge in [-0.25, -0.2) is 4.79 Å². The molecule has 6 heteroatoms. The average molecular weight is 423 g/mol. The van der Waals surface area contributed by atoms with Crippen molar-refractivity contribution < 1.29 is 9.59 Å². The van der Waals surface area contributed by atoms with E-state index in [2.05, 4.69) is 46.8 Å². The van der Waals surface area contributed by atoms with Crippen LogP contribution in [0.5, 0.6) is 0 Å². The number of hydrogen-bond donors (Lipinski definition) is 2. The Kier molecular flexibility index (Phi) is 8.91. The highest BCUT2D eigenvalue weighted by Gasteiger charge is 2.24. The SMILES string of the molecule is CN(CCCNC(=O)CC1CCN(C(=O)Nc2ccccc2)CC1)Cc1ccccc1. The van der Waals surface area contributed by atoms with E-state index in [1.165, 1.54) is 5.56 Å². The van der Waals surface area contributed by atoms with Crippen LogP contribution in [0.25, 0.3) is 0 Å². The van der Waals surface area contributed by atoms with E-state index in [1.54, 1.807) is 0 Å². The molecule has 0 atom stereocenters. The normalized spacial score (nSPS) is 14.5. The van der Waals surface area contributed by atoms with Crippen LogP contribution in [-0.4, -0.2) is 55.0 Å². The van der Waals surface area contributed by atoms with Crippen LogP contribution >= 0.6 is 0 Å². The Hall–Kier alpha value is -2.86. The minimum Gasteiger partial charge on any atom is -0.356 e. The van der Waals surface area contributed by atoms with Gasteiger partial charge < -0.3 is 20.4 Å². The molecule has 0 aromatic heterocycles. The molecule has 0 spiro atoms. The van der Waals surface area contributed by atoms with Crippen molar-refractivity contribution in [2.24, 2.45) is 5.92 Å². The number of urea groups is 1. The predicted octanol–water partition coefficient (Wildman–Crippen LogP) is 3.96. The summed E-state index contributed by atoms with van der Waals surface area (Å²) in [6, 6.07) is 19.9. The fourth-order valence-corrected chi connectivity index (χ4v) is 3.95. The summed E-state index contributed by atoms with van der Waals surface area (Å²) in [5, 5.41) is 5.99. The summed E-state index contributed by atoms with van der Waals surface area (Å²) in [6.45, 7) is 3.97. The molecule has 3 amide bonds. The molecule has 3 rings (SSSR count). The van der Waals surface area contributed by atoms with Crippen molar-refractivity contribution in [2.45, 2.75) is 32.2 Å². The first-order valence-corrected chi connectivity index (χ1v) is 11.2. The summed E-state index contributed by atoms with van der Waals surface area (Å²) in [5.74, 6) is 0.472. The molecule has 6 nitrogen and oxygen atoms in total. The highest BCUT2D eigenvalue weighted by atomic mass is 16.2. The molecule has 1 aliphatic heterocycles. The van der Waals surface area contributed by atoms with Crippen LogP contribution in [0.2, 0.25) is 0 Å². The minimum atomic E-state index is -0.0614. The second kappa shape index (κ2) is 12.1. The maximum absolute atomic E-state index is 12.4. The third kappa shape index (κ3) is 8.06. The van der Waals surface area contributed by atoms with Gasteiger partial charge in [-0.05, 0) is 56.5 Å². The summed E-state index contributed by atoms with van der Waals surface area (Å²) in [6.07, 6.45) is 3.23. The molecule has 1 aliphatic rings. The molecule has 1 saturated heterocycles. The summed E-state index contributed by atoms with van der Waals surface area (Å²) < 4.78 is 0. The molecule has 2 aromatic carbocycles. The second-order valence-electron chi connectivity index (χ2n) is 8.36. The van der Waals surface area contributed by atoms with Crippen molar-refractivity contribution in [2.75, 3.05) is 38.5 Å². The van der Waals surface area contributed by atoms with E-state index in [4.69, 9.17) is 0 Å². The number of piperidine rings is 1. The Labute approximate surface area is 185 Å². The molecule has 1 heterocycles. The van der Waals surface area contributed by atoms with Gasteiger partial charge in [-0.2, -0.15) is 0 Å². The second-order valence-corrected chi connectivity index (χ2v) is 8.36. The van der Waals surface area contributed by atoms with Gasteiger partial charge in [0.25, 0.3) is 0 Å². The Bertz CT molecular complexity index is 805. The van der Waals surface area contributed by atoms with Crippen LogP contribution in [0.15, 0.2) is 60.7 Å². The van der Waals surface area contributed by atoms with E-state index < -0.39 is 0 Å². The van der Waals surface area contributed by atoms with E-state index in [1.807, 2.05) is 41.3 Å². The number of nitrogens with one attached hydrogen (secondary N) is 2. The maximum atomic E-state index is 12.4. The van der Waals surface area contributed by atoms with Crippen molar-refractivity contribution in [1.29, 1.82) is 0 Å². The number of hydrogen-bond acceptors (Lipinski definition) is 3. The smallest absolute Gasteiger partial charge is 0.321 e. The van der Waals surface area contributed by atoms with Crippen LogP contribution in [0, 0.1) is 5.92 Å². The minimum absolute atomic E-state index is 0.0614. The fourth-order valence-electron chi connectivity index (χ4n) is 3.95. The van der Waals surface area contributed by atoms with Crippen LogP contribution in [0.3, 0.4) is 0 Å². The number of carbonyl (C=O) groups is 2. The van der Waals surface area contributed by atoms with E-state index in [0.29, 0.717) is 32.0 Å². The lowest BCUT2D eigenvalue weighted by molar-refractivity contribution is -0.122. The Balaban J connectivity index is 1.26. The monoisotopic (exact) mass is 422 g/mol. The van der Waals surface area contributed by atoms with Gasteiger partial charge in [0.15, 0.2) is 0 Å². The molecule has 0 radical (unpaired) electrons. The zero-order valence-corrected chi connectivity index (χ0v) is 18.4. The largest absolute Gasteiger partial charge is 0.356 e. The van der Waals surface area contributed by atoms with Crippen LogP contribution < -0.4 is 10.6 Å². The van der Waals surface area contributed by atoms with Gasteiger partial charge in [0.2, 0.25) is 5.91 Å². The lowest BCUT2D eigenvalue weighted by Gasteiger charge is -2.31. The van der Waals surface area contributed by atoms with Gasteiger partial charge in [-0.1, -0.05) is 48.5 Å². The molecule has 0 bridgehead atoms. The van der Waals surface area contributed by atoms with E-state index >= 15 is 0 Å². The Morgan fingerprint density at radius 3 is 2.32 bits per heavy atom. The summed E-state index contributed by atoms with van der Waals surface area (Å²) in [7, 11) is 2.11. The number of anilines is 1. The topological polar surface area (TPSA) is 64.7 Å². The number of carbonyl (C=O) groups excluding carboxylic acids is 2. The van der Waals surface area contributed by atoms with E-state index in [9.17, 15) is 9.59 Å². The molecule has 2 N–H and O–H groups in total. The first-order valence-electron chi connectivity index (χ1n) is 11.2. The van der Waals surface area contributed by atoms with Gasteiger partial charge in [0.1, 0.15) is 0 Å². The zero-order valence-electron chi connectivity index (χ0n) is 18.4. The number of amides is 3. The van der Waals surface area contributed by atoms with Crippen molar-refractivity contribution in [1.82, 2.24) is 15.1 Å². The molecule has 0 unspecified atom stereocenters. The molecule has 1 fully saturated rings. The summed E-state index contributed by atoms with van der Waals surface area (Å²) in [5.41, 5.74) is 2.11. The van der Waals surface area contributed by atoms with Crippen molar-refractivity contribution in [3.63, 3.8) is 0 Å². The molecule has 31 heavy (non-hydrogen) atoms. The first kappa shape index (κ1) is 22.8. The Morgan fingerprint density at radius 2 is 1.65 bits per heavy atom. The van der Waals surface area contributed by atoms with Crippen LogP contribution in [0.1, 0.15) is 31.2 Å². The molecule has 0 aliphatic carbocycles. The van der Waals surface area contributed by atoms with Gasteiger partial charge in [-0.15, -0.1) is 0 Å². The van der Waals surface area contributed by atoms with Crippen LogP contribution in [-0.2, 0) is 11.3 Å². The fraction of sp³-hybridized carbons (Fsp3) is 0.440. The van der Waals surface area contributed by atoms with E-state index in [0.717, 1.165) is 38.0 Å². The third-order valence-electron chi connectivity index (χ3n) is 5.73. The predicted molar refractivity (Wildman–Crippen MR) is 125 cm³/mol. The number of para-hydroxylation sites is 1.